The van der Waals surface area contributed by atoms with Crippen molar-refractivity contribution < 1.29 is 9.13 Å². The second kappa shape index (κ2) is 7.58. The Kier molecular flexibility index (Phi) is 5.01. The van der Waals surface area contributed by atoms with E-state index in [9.17, 15) is 9.18 Å². The van der Waals surface area contributed by atoms with Gasteiger partial charge in [0.05, 0.1) is 11.7 Å². The van der Waals surface area contributed by atoms with Crippen molar-refractivity contribution in [1.29, 1.82) is 0 Å². The van der Waals surface area contributed by atoms with Gasteiger partial charge in [-0.3, -0.25) is 9.78 Å². The van der Waals surface area contributed by atoms with Crippen LogP contribution >= 0.6 is 12.2 Å². The van der Waals surface area contributed by atoms with E-state index in [1.165, 1.54) is 17.7 Å². The quantitative estimate of drug-likeness (QED) is 0.664. The fourth-order valence-electron chi connectivity index (χ4n) is 3.54. The lowest BCUT2D eigenvalue weighted by atomic mass is 9.93. The van der Waals surface area contributed by atoms with Crippen LogP contribution in [0.5, 0.6) is 0 Å². The molecule has 1 aliphatic heterocycles. The zero-order valence-corrected chi connectivity index (χ0v) is 15.4. The Hall–Kier alpha value is -2.57. The van der Waals surface area contributed by atoms with Crippen LogP contribution in [0.15, 0.2) is 59.4 Å². The molecule has 2 aromatic carbocycles. The molecule has 4 nitrogen and oxygen atoms in total. The number of rotatable bonds is 4. The SMILES string of the molecule is O=c1[nH]c(=S)[nH]c2c1C(c1ccc(F)cc1)OC(CCc1ccccc1)C2. The average Bonchev–Trinajstić information content (AvgIpc) is 2.67. The highest BCUT2D eigenvalue weighted by Gasteiger charge is 2.31. The molecule has 0 aliphatic carbocycles. The third-order valence-electron chi connectivity index (χ3n) is 4.85. The van der Waals surface area contributed by atoms with Gasteiger partial charge in [-0.15, -0.1) is 0 Å². The third kappa shape index (κ3) is 3.91. The van der Waals surface area contributed by atoms with Crippen LogP contribution in [-0.2, 0) is 17.6 Å². The molecule has 2 N–H and O–H groups in total. The van der Waals surface area contributed by atoms with Crippen LogP contribution in [0.4, 0.5) is 4.39 Å². The number of H-pyrrole nitrogens is 2. The van der Waals surface area contributed by atoms with E-state index in [2.05, 4.69) is 22.1 Å². The lowest BCUT2D eigenvalue weighted by Crippen LogP contribution is -2.34. The van der Waals surface area contributed by atoms with Gasteiger partial charge in [0.1, 0.15) is 11.9 Å². The second-order valence-electron chi connectivity index (χ2n) is 6.72. The molecule has 2 heterocycles. The highest BCUT2D eigenvalue weighted by atomic mass is 32.1. The Morgan fingerprint density at radius 2 is 1.81 bits per heavy atom. The van der Waals surface area contributed by atoms with Gasteiger partial charge in [-0.25, -0.2) is 4.39 Å². The molecule has 0 saturated heterocycles. The highest BCUT2D eigenvalue weighted by Crippen LogP contribution is 2.33. The normalized spacial score (nSPS) is 18.9. The minimum atomic E-state index is -0.550. The zero-order valence-electron chi connectivity index (χ0n) is 14.6. The van der Waals surface area contributed by atoms with Gasteiger partial charge < -0.3 is 9.72 Å². The first-order valence-electron chi connectivity index (χ1n) is 8.90. The number of hydrogen-bond acceptors (Lipinski definition) is 3. The molecule has 0 radical (unpaired) electrons. The zero-order chi connectivity index (χ0) is 18.8. The summed E-state index contributed by atoms with van der Waals surface area (Å²) in [5.41, 5.74) is 3.04. The summed E-state index contributed by atoms with van der Waals surface area (Å²) in [4.78, 5) is 18.3. The van der Waals surface area contributed by atoms with Gasteiger partial charge in [0.25, 0.3) is 5.56 Å². The number of nitrogens with one attached hydrogen (secondary N) is 2. The monoisotopic (exact) mass is 382 g/mol. The number of hydrogen-bond donors (Lipinski definition) is 2. The molecule has 0 amide bonds. The predicted octanol–water partition coefficient (Wildman–Crippen LogP) is 4.24. The van der Waals surface area contributed by atoms with E-state index in [0.717, 1.165) is 24.1 Å². The number of aryl methyl sites for hydroxylation is 1. The summed E-state index contributed by atoms with van der Waals surface area (Å²) in [6.07, 6.45) is 1.66. The van der Waals surface area contributed by atoms with Crippen LogP contribution in [-0.4, -0.2) is 16.1 Å². The topological polar surface area (TPSA) is 57.9 Å². The predicted molar refractivity (Wildman–Crippen MR) is 104 cm³/mol. The Morgan fingerprint density at radius 3 is 2.56 bits per heavy atom. The Labute approximate surface area is 161 Å². The fourth-order valence-corrected chi connectivity index (χ4v) is 3.76. The first-order valence-corrected chi connectivity index (χ1v) is 9.31. The van der Waals surface area contributed by atoms with E-state index in [1.54, 1.807) is 12.1 Å². The van der Waals surface area contributed by atoms with Crippen molar-refractivity contribution in [3.63, 3.8) is 0 Å². The van der Waals surface area contributed by atoms with E-state index in [0.29, 0.717) is 16.8 Å². The minimum Gasteiger partial charge on any atom is -0.365 e. The molecule has 0 fully saturated rings. The Bertz CT molecular complexity index is 1040. The Morgan fingerprint density at radius 1 is 1.07 bits per heavy atom. The third-order valence-corrected chi connectivity index (χ3v) is 5.06. The number of ether oxygens (including phenoxy) is 1. The van der Waals surface area contributed by atoms with E-state index in [4.69, 9.17) is 17.0 Å². The van der Waals surface area contributed by atoms with E-state index in [-0.39, 0.29) is 17.5 Å². The van der Waals surface area contributed by atoms with Crippen LogP contribution in [0, 0.1) is 10.6 Å². The molecule has 6 heteroatoms. The molecule has 3 aromatic rings. The maximum Gasteiger partial charge on any atom is 0.258 e. The number of aromatic amines is 2. The van der Waals surface area contributed by atoms with Crippen LogP contribution in [0.1, 0.15) is 34.9 Å². The molecule has 27 heavy (non-hydrogen) atoms. The molecule has 138 valence electrons. The van der Waals surface area contributed by atoms with Gasteiger partial charge in [0.2, 0.25) is 0 Å². The summed E-state index contributed by atoms with van der Waals surface area (Å²) in [6, 6.07) is 16.3. The Balaban J connectivity index is 1.66. The average molecular weight is 382 g/mol. The summed E-state index contributed by atoms with van der Waals surface area (Å²) in [5.74, 6) is -0.322. The molecule has 1 aliphatic rings. The molecule has 0 bridgehead atoms. The maximum absolute atomic E-state index is 13.3. The number of fused-ring (bicyclic) bond motifs is 1. The lowest BCUT2D eigenvalue weighted by molar-refractivity contribution is -0.0103. The van der Waals surface area contributed by atoms with Crippen LogP contribution in [0.25, 0.3) is 0 Å². The number of aromatic nitrogens is 2. The summed E-state index contributed by atoms with van der Waals surface area (Å²) >= 11 is 5.14. The van der Waals surface area contributed by atoms with Gasteiger partial charge >= 0.3 is 0 Å². The van der Waals surface area contributed by atoms with Crippen molar-refractivity contribution in [1.82, 2.24) is 9.97 Å². The van der Waals surface area contributed by atoms with Crippen molar-refractivity contribution in [2.24, 2.45) is 0 Å². The lowest BCUT2D eigenvalue weighted by Gasteiger charge is -2.31. The molecule has 1 aromatic heterocycles. The minimum absolute atomic E-state index is 0.0693. The highest BCUT2D eigenvalue weighted by molar-refractivity contribution is 7.71. The summed E-state index contributed by atoms with van der Waals surface area (Å²) in [7, 11) is 0. The van der Waals surface area contributed by atoms with Crippen molar-refractivity contribution in [3.8, 4) is 0 Å². The molecule has 2 atom stereocenters. The maximum atomic E-state index is 13.3. The smallest absolute Gasteiger partial charge is 0.258 e. The molecular formula is C21H19FN2O2S. The van der Waals surface area contributed by atoms with Crippen molar-refractivity contribution in [3.05, 3.63) is 97.9 Å². The van der Waals surface area contributed by atoms with Gasteiger partial charge in [-0.2, -0.15) is 0 Å². The summed E-state index contributed by atoms with van der Waals surface area (Å²) < 4.78 is 19.9. The van der Waals surface area contributed by atoms with Crippen molar-refractivity contribution >= 4 is 12.2 Å². The van der Waals surface area contributed by atoms with Gasteiger partial charge in [0.15, 0.2) is 4.77 Å². The molecule has 0 spiro atoms. The van der Waals surface area contributed by atoms with Gasteiger partial charge in [-0.1, -0.05) is 42.5 Å². The molecular weight excluding hydrogens is 363 g/mol. The molecule has 0 saturated carbocycles. The summed E-state index contributed by atoms with van der Waals surface area (Å²) in [6.45, 7) is 0. The van der Waals surface area contributed by atoms with Crippen molar-refractivity contribution in [2.45, 2.75) is 31.5 Å². The van der Waals surface area contributed by atoms with Crippen molar-refractivity contribution in [2.75, 3.05) is 0 Å². The molecule has 2 unspecified atom stereocenters. The second-order valence-corrected chi connectivity index (χ2v) is 7.13. The first-order chi connectivity index (χ1) is 13.1. The van der Waals surface area contributed by atoms with Crippen LogP contribution < -0.4 is 5.56 Å². The van der Waals surface area contributed by atoms with E-state index >= 15 is 0 Å². The number of benzene rings is 2. The number of halogens is 1. The van der Waals surface area contributed by atoms with Gasteiger partial charge in [0, 0.05) is 12.1 Å². The summed E-state index contributed by atoms with van der Waals surface area (Å²) in [5, 5.41) is 0. The van der Waals surface area contributed by atoms with E-state index in [1.807, 2.05) is 18.2 Å². The standard InChI is InChI=1S/C21H19FN2O2S/c22-15-9-7-14(8-10-15)19-18-17(23-21(27)24-20(18)25)12-16(26-19)11-6-13-4-2-1-3-5-13/h1-5,7-10,16,19H,6,11-12H2,(H2,23,24,25,27). The first kappa shape index (κ1) is 17.8. The van der Waals surface area contributed by atoms with E-state index < -0.39 is 6.10 Å². The largest absolute Gasteiger partial charge is 0.365 e. The fraction of sp³-hybridized carbons (Fsp3) is 0.238. The molecule has 4 rings (SSSR count). The van der Waals surface area contributed by atoms with Crippen LogP contribution in [0.3, 0.4) is 0 Å². The van der Waals surface area contributed by atoms with Gasteiger partial charge in [-0.05, 0) is 48.3 Å². The van der Waals surface area contributed by atoms with Crippen LogP contribution in [0.2, 0.25) is 0 Å².